The fraction of sp³-hybridized carbons (Fsp3) is 0.269. The first-order valence-electron chi connectivity index (χ1n) is 11.6. The van der Waals surface area contributed by atoms with E-state index in [-0.39, 0.29) is 18.2 Å². The van der Waals surface area contributed by atoms with E-state index in [0.29, 0.717) is 30.6 Å². The van der Waals surface area contributed by atoms with E-state index in [0.717, 1.165) is 40.4 Å². The van der Waals surface area contributed by atoms with Crippen LogP contribution in [0.3, 0.4) is 0 Å². The number of aliphatic hydroxyl groups is 1. The normalized spacial score (nSPS) is 18.3. The smallest absolute Gasteiger partial charge is 0.265 e. The van der Waals surface area contributed by atoms with Crippen molar-refractivity contribution in [2.24, 2.45) is 0 Å². The fourth-order valence-corrected chi connectivity index (χ4v) is 4.50. The first kappa shape index (κ1) is 23.8. The minimum absolute atomic E-state index is 0.0979. The van der Waals surface area contributed by atoms with E-state index in [4.69, 9.17) is 4.74 Å². The number of nitrogens with one attached hydrogen (secondary N) is 2. The summed E-state index contributed by atoms with van der Waals surface area (Å²) in [5.74, 6) is -1.99. The van der Waals surface area contributed by atoms with Gasteiger partial charge in [-0.15, -0.1) is 0 Å². The molecule has 1 aliphatic rings. The van der Waals surface area contributed by atoms with Crippen LogP contribution in [0.4, 0.5) is 8.78 Å². The lowest BCUT2D eigenvalue weighted by Crippen LogP contribution is -2.59. The van der Waals surface area contributed by atoms with Crippen molar-refractivity contribution in [2.75, 3.05) is 19.7 Å². The Balaban J connectivity index is 1.35. The summed E-state index contributed by atoms with van der Waals surface area (Å²) in [7, 11) is 0. The summed E-state index contributed by atoms with van der Waals surface area (Å²) in [6.07, 6.45) is 2.70. The number of aromatic nitrogens is 3. The Bertz CT molecular complexity index is 1430. The Morgan fingerprint density at radius 2 is 2.08 bits per heavy atom. The van der Waals surface area contributed by atoms with Crippen molar-refractivity contribution in [2.45, 2.75) is 25.4 Å². The summed E-state index contributed by atoms with van der Waals surface area (Å²) in [6.45, 7) is 2.08. The number of aliphatic hydroxyl groups excluding tert-OH is 1. The highest BCUT2D eigenvalue weighted by molar-refractivity contribution is 6.01. The molecule has 186 valence electrons. The number of amides is 1. The van der Waals surface area contributed by atoms with Crippen LogP contribution in [-0.4, -0.2) is 56.5 Å². The Labute approximate surface area is 205 Å². The van der Waals surface area contributed by atoms with Crippen LogP contribution in [0.5, 0.6) is 5.75 Å². The second kappa shape index (κ2) is 9.63. The third kappa shape index (κ3) is 4.77. The first-order chi connectivity index (χ1) is 17.4. The molecule has 1 atom stereocenters. The summed E-state index contributed by atoms with van der Waals surface area (Å²) in [6, 6.07) is 12.0. The molecule has 3 N–H and O–H groups in total. The number of nitrogens with zero attached hydrogens (tertiary/aromatic N) is 3. The molecule has 2 aromatic heterocycles. The van der Waals surface area contributed by atoms with Gasteiger partial charge in [0, 0.05) is 41.0 Å². The highest BCUT2D eigenvalue weighted by Crippen LogP contribution is 2.30. The molecule has 10 heteroatoms. The van der Waals surface area contributed by atoms with Crippen molar-refractivity contribution >= 4 is 16.8 Å². The number of piperidine rings is 1. The molecule has 0 spiro atoms. The molecule has 1 aliphatic heterocycles. The minimum atomic E-state index is -1.19. The van der Waals surface area contributed by atoms with Crippen LogP contribution in [0.2, 0.25) is 0 Å². The number of hydrazine groups is 1. The Morgan fingerprint density at radius 3 is 2.89 bits per heavy atom. The largest absolute Gasteiger partial charge is 0.480 e. The van der Waals surface area contributed by atoms with Crippen LogP contribution in [0, 0.1) is 18.6 Å². The molecule has 2 aromatic carbocycles. The molecule has 0 aliphatic carbocycles. The average molecular weight is 494 g/mol. The topological polar surface area (TPSA) is 103 Å². The molecule has 5 rings (SSSR count). The molecule has 0 bridgehead atoms. The van der Waals surface area contributed by atoms with Crippen LogP contribution in [0.25, 0.3) is 22.2 Å². The molecule has 4 aromatic rings. The van der Waals surface area contributed by atoms with Gasteiger partial charge < -0.3 is 9.84 Å². The molecule has 1 unspecified atom stereocenters. The number of hydrogen-bond acceptors (Lipinski definition) is 6. The molecule has 36 heavy (non-hydrogen) atoms. The van der Waals surface area contributed by atoms with Crippen molar-refractivity contribution in [1.82, 2.24) is 25.6 Å². The van der Waals surface area contributed by atoms with Crippen molar-refractivity contribution < 1.29 is 23.4 Å². The van der Waals surface area contributed by atoms with Crippen molar-refractivity contribution in [3.05, 3.63) is 77.6 Å². The standard InChI is InChI=1S/C26H25F2N5O3/c1-16-11-17(7-9-29-16)24-20-12-18(3-6-22(20)30-31-24)25(35)32-33-10-2-8-26(14-33,15-34)36-23-13-19(27)4-5-21(23)28/h3-7,9,11-13,34H,2,8,10,14-15H2,1H3,(H,30,31)(H,32,35). The number of pyridine rings is 1. The second-order valence-electron chi connectivity index (χ2n) is 9.00. The molecular weight excluding hydrogens is 468 g/mol. The van der Waals surface area contributed by atoms with E-state index < -0.39 is 23.8 Å². The average Bonchev–Trinajstić information content (AvgIpc) is 3.30. The number of rotatable bonds is 6. The molecule has 0 radical (unpaired) electrons. The van der Waals surface area contributed by atoms with Crippen molar-refractivity contribution in [3.8, 4) is 17.0 Å². The van der Waals surface area contributed by atoms with Crippen LogP contribution in [-0.2, 0) is 0 Å². The van der Waals surface area contributed by atoms with E-state index in [1.54, 1.807) is 29.4 Å². The summed E-state index contributed by atoms with van der Waals surface area (Å²) < 4.78 is 33.6. The van der Waals surface area contributed by atoms with E-state index in [9.17, 15) is 18.7 Å². The zero-order valence-corrected chi connectivity index (χ0v) is 19.6. The minimum Gasteiger partial charge on any atom is -0.480 e. The number of carbonyl (C=O) groups is 1. The van der Waals surface area contributed by atoms with Gasteiger partial charge in [-0.1, -0.05) is 0 Å². The zero-order chi connectivity index (χ0) is 25.3. The Hall–Kier alpha value is -3.89. The molecule has 3 heterocycles. The SMILES string of the molecule is Cc1cc(-c2n[nH]c3ccc(C(=O)NN4CCCC(CO)(Oc5cc(F)ccc5F)C4)cc23)ccn1. The number of hydrogen-bond donors (Lipinski definition) is 3. The van der Waals surface area contributed by atoms with Crippen molar-refractivity contribution in [1.29, 1.82) is 0 Å². The molecular formula is C26H25F2N5O3. The van der Waals surface area contributed by atoms with Crippen molar-refractivity contribution in [3.63, 3.8) is 0 Å². The van der Waals surface area contributed by atoms with Gasteiger partial charge in [0.05, 0.1) is 18.7 Å². The van der Waals surface area contributed by atoms with Crippen LogP contribution < -0.4 is 10.2 Å². The van der Waals surface area contributed by atoms with Gasteiger partial charge in [-0.2, -0.15) is 5.10 Å². The monoisotopic (exact) mass is 493 g/mol. The predicted octanol–water partition coefficient (Wildman–Crippen LogP) is 3.76. The fourth-order valence-electron chi connectivity index (χ4n) is 4.50. The van der Waals surface area contributed by atoms with E-state index in [2.05, 4.69) is 20.6 Å². The van der Waals surface area contributed by atoms with Gasteiger partial charge in [-0.25, -0.2) is 13.8 Å². The third-order valence-corrected chi connectivity index (χ3v) is 6.30. The van der Waals surface area contributed by atoms with Crippen LogP contribution >= 0.6 is 0 Å². The van der Waals surface area contributed by atoms with Gasteiger partial charge in [0.2, 0.25) is 0 Å². The lowest BCUT2D eigenvalue weighted by atomic mass is 9.94. The number of fused-ring (bicyclic) bond motifs is 1. The summed E-state index contributed by atoms with van der Waals surface area (Å²) >= 11 is 0. The number of halogens is 2. The van der Waals surface area contributed by atoms with Gasteiger partial charge in [0.25, 0.3) is 5.91 Å². The van der Waals surface area contributed by atoms with Gasteiger partial charge in [0.1, 0.15) is 17.1 Å². The van der Waals surface area contributed by atoms with Gasteiger partial charge >= 0.3 is 0 Å². The number of benzene rings is 2. The van der Waals surface area contributed by atoms with E-state index in [1.807, 2.05) is 19.1 Å². The second-order valence-corrected chi connectivity index (χ2v) is 9.00. The maximum absolute atomic E-state index is 14.2. The highest BCUT2D eigenvalue weighted by atomic mass is 19.1. The third-order valence-electron chi connectivity index (χ3n) is 6.30. The van der Waals surface area contributed by atoms with E-state index >= 15 is 0 Å². The number of aryl methyl sites for hydroxylation is 1. The summed E-state index contributed by atoms with van der Waals surface area (Å²) in [5, 5.41) is 19.9. The molecule has 1 fully saturated rings. The van der Waals surface area contributed by atoms with Gasteiger partial charge in [-0.3, -0.25) is 20.3 Å². The molecule has 8 nitrogen and oxygen atoms in total. The number of carbonyl (C=O) groups excluding carboxylic acids is 1. The quantitative estimate of drug-likeness (QED) is 0.378. The van der Waals surface area contributed by atoms with E-state index in [1.165, 1.54) is 0 Å². The zero-order valence-electron chi connectivity index (χ0n) is 19.6. The summed E-state index contributed by atoms with van der Waals surface area (Å²) in [4.78, 5) is 17.4. The Kier molecular flexibility index (Phi) is 6.38. The predicted molar refractivity (Wildman–Crippen MR) is 129 cm³/mol. The maximum Gasteiger partial charge on any atom is 0.265 e. The number of ether oxygens (including phenoxy) is 1. The maximum atomic E-state index is 14.2. The van der Waals surface area contributed by atoms with Crippen LogP contribution in [0.15, 0.2) is 54.7 Å². The molecule has 1 saturated heterocycles. The van der Waals surface area contributed by atoms with Crippen LogP contribution in [0.1, 0.15) is 28.9 Å². The highest BCUT2D eigenvalue weighted by Gasteiger charge is 2.38. The first-order valence-corrected chi connectivity index (χ1v) is 11.6. The van der Waals surface area contributed by atoms with Gasteiger partial charge in [0.15, 0.2) is 11.6 Å². The van der Waals surface area contributed by atoms with Gasteiger partial charge in [-0.05, 0) is 62.2 Å². The lowest BCUT2D eigenvalue weighted by Gasteiger charge is -2.41. The lowest BCUT2D eigenvalue weighted by molar-refractivity contribution is -0.0595. The Morgan fingerprint density at radius 1 is 1.22 bits per heavy atom. The summed E-state index contributed by atoms with van der Waals surface area (Å²) in [5.41, 5.74) is 5.34. The molecule has 0 saturated carbocycles. The number of H-pyrrole nitrogens is 1. The molecule has 1 amide bonds. The number of aromatic amines is 1.